The predicted molar refractivity (Wildman–Crippen MR) is 113 cm³/mol. The van der Waals surface area contributed by atoms with Crippen molar-refractivity contribution in [1.29, 1.82) is 5.26 Å². The van der Waals surface area contributed by atoms with Crippen LogP contribution in [0.25, 0.3) is 22.0 Å². The van der Waals surface area contributed by atoms with Gasteiger partial charge in [-0.15, -0.1) is 0 Å². The third kappa shape index (κ3) is 4.05. The van der Waals surface area contributed by atoms with E-state index in [9.17, 15) is 5.26 Å². The summed E-state index contributed by atoms with van der Waals surface area (Å²) in [5.41, 5.74) is 3.80. The number of aryl methyl sites for hydroxylation is 1. The van der Waals surface area contributed by atoms with E-state index in [0.717, 1.165) is 79.1 Å². The van der Waals surface area contributed by atoms with Crippen LogP contribution in [-0.2, 0) is 11.2 Å². The molecule has 4 rings (SSSR count). The van der Waals surface area contributed by atoms with Gasteiger partial charge in [-0.3, -0.25) is 0 Å². The van der Waals surface area contributed by atoms with Crippen molar-refractivity contribution in [2.24, 2.45) is 0 Å². The second-order valence-corrected chi connectivity index (χ2v) is 7.64. The first-order valence-corrected chi connectivity index (χ1v) is 10.5. The van der Waals surface area contributed by atoms with E-state index in [1.54, 1.807) is 6.20 Å². The van der Waals surface area contributed by atoms with Crippen LogP contribution in [0.3, 0.4) is 0 Å². The summed E-state index contributed by atoms with van der Waals surface area (Å²) < 4.78 is 7.95. The second-order valence-electron chi connectivity index (χ2n) is 7.64. The Morgan fingerprint density at radius 2 is 2.07 bits per heavy atom. The van der Waals surface area contributed by atoms with Crippen LogP contribution in [0.2, 0.25) is 0 Å². The number of rotatable bonds is 7. The van der Waals surface area contributed by atoms with Gasteiger partial charge in [0.25, 0.3) is 0 Å². The fourth-order valence-electron chi connectivity index (χ4n) is 4.27. The Hall–Kier alpha value is -2.68. The van der Waals surface area contributed by atoms with E-state index in [2.05, 4.69) is 23.3 Å². The zero-order chi connectivity index (χ0) is 20.1. The van der Waals surface area contributed by atoms with E-state index < -0.39 is 0 Å². The van der Waals surface area contributed by atoms with Crippen molar-refractivity contribution in [1.82, 2.24) is 9.78 Å². The number of fused-ring (bicyclic) bond motifs is 1. The van der Waals surface area contributed by atoms with Crippen LogP contribution < -0.4 is 0 Å². The van der Waals surface area contributed by atoms with Gasteiger partial charge in [0.2, 0.25) is 0 Å². The molecule has 1 fully saturated rings. The average Bonchev–Trinajstić information content (AvgIpc) is 3.25. The van der Waals surface area contributed by atoms with Crippen molar-refractivity contribution in [2.75, 3.05) is 13.2 Å². The summed E-state index contributed by atoms with van der Waals surface area (Å²) >= 11 is 0. The van der Waals surface area contributed by atoms with Gasteiger partial charge in [0, 0.05) is 30.4 Å². The molecule has 0 amide bonds. The van der Waals surface area contributed by atoms with Gasteiger partial charge in [0.15, 0.2) is 6.23 Å². The molecule has 2 heterocycles. The minimum Gasteiger partial charge on any atom is -0.396 e. The lowest BCUT2D eigenvalue weighted by Gasteiger charge is -2.25. The summed E-state index contributed by atoms with van der Waals surface area (Å²) in [5.74, 6) is 0. The van der Waals surface area contributed by atoms with E-state index in [1.807, 2.05) is 28.9 Å². The lowest BCUT2D eigenvalue weighted by molar-refractivity contribution is -0.0383. The number of aliphatic hydroxyl groups excluding tert-OH is 1. The van der Waals surface area contributed by atoms with Gasteiger partial charge in [-0.1, -0.05) is 36.8 Å². The maximum atomic E-state index is 10.1. The molecule has 2 aromatic carbocycles. The van der Waals surface area contributed by atoms with Crippen molar-refractivity contribution in [3.8, 4) is 17.3 Å². The van der Waals surface area contributed by atoms with Crippen molar-refractivity contribution in [3.05, 3.63) is 53.7 Å². The van der Waals surface area contributed by atoms with E-state index in [1.165, 1.54) is 0 Å². The van der Waals surface area contributed by atoms with E-state index in [0.29, 0.717) is 5.56 Å². The maximum absolute atomic E-state index is 10.1. The van der Waals surface area contributed by atoms with Gasteiger partial charge >= 0.3 is 0 Å². The summed E-state index contributed by atoms with van der Waals surface area (Å²) in [6.45, 7) is 0.973. The Kier molecular flexibility index (Phi) is 6.24. The fourth-order valence-corrected chi connectivity index (χ4v) is 4.27. The molecule has 150 valence electrons. The third-order valence-electron chi connectivity index (χ3n) is 5.70. The Balaban J connectivity index is 1.84. The van der Waals surface area contributed by atoms with Crippen LogP contribution in [-0.4, -0.2) is 28.1 Å². The lowest BCUT2D eigenvalue weighted by Crippen LogP contribution is -2.20. The number of benzene rings is 2. The van der Waals surface area contributed by atoms with Gasteiger partial charge in [-0.25, -0.2) is 4.68 Å². The van der Waals surface area contributed by atoms with Crippen molar-refractivity contribution in [2.45, 2.75) is 51.2 Å². The number of unbranched alkanes of at least 4 members (excludes halogenated alkanes) is 2. The highest BCUT2D eigenvalue weighted by atomic mass is 16.5. The molecule has 0 bridgehead atoms. The third-order valence-corrected chi connectivity index (χ3v) is 5.70. The number of hydrogen-bond donors (Lipinski definition) is 1. The normalized spacial score (nSPS) is 16.8. The molecule has 1 unspecified atom stereocenters. The minimum atomic E-state index is -0.0750. The predicted octanol–water partition coefficient (Wildman–Crippen LogP) is 4.98. The number of hydrogen-bond acceptors (Lipinski definition) is 4. The Morgan fingerprint density at radius 3 is 2.86 bits per heavy atom. The van der Waals surface area contributed by atoms with Gasteiger partial charge in [0.05, 0.1) is 11.3 Å². The molecule has 0 saturated carbocycles. The monoisotopic (exact) mass is 389 g/mol. The van der Waals surface area contributed by atoms with Gasteiger partial charge < -0.3 is 9.84 Å². The van der Waals surface area contributed by atoms with Crippen LogP contribution in [0, 0.1) is 11.3 Å². The molecule has 5 nitrogen and oxygen atoms in total. The number of nitriles is 1. The highest BCUT2D eigenvalue weighted by Gasteiger charge is 2.23. The molecular formula is C24H27N3O2. The van der Waals surface area contributed by atoms with Crippen LogP contribution in [0.4, 0.5) is 0 Å². The zero-order valence-electron chi connectivity index (χ0n) is 16.7. The number of aromatic nitrogens is 2. The Labute approximate surface area is 171 Å². The van der Waals surface area contributed by atoms with Crippen LogP contribution in [0.5, 0.6) is 0 Å². The molecule has 29 heavy (non-hydrogen) atoms. The SMILES string of the molecule is N#Cc1c(-c2ccnn2C2CCCCO2)c(CCCCCO)cc2ccccc12. The smallest absolute Gasteiger partial charge is 0.150 e. The van der Waals surface area contributed by atoms with Crippen molar-refractivity contribution in [3.63, 3.8) is 0 Å². The Bertz CT molecular complexity index is 1010. The zero-order valence-corrected chi connectivity index (χ0v) is 16.7. The van der Waals surface area contributed by atoms with Crippen molar-refractivity contribution < 1.29 is 9.84 Å². The summed E-state index contributed by atoms with van der Waals surface area (Å²) in [6, 6.07) is 14.8. The van der Waals surface area contributed by atoms with E-state index in [4.69, 9.17) is 9.84 Å². The molecule has 3 aromatic rings. The Morgan fingerprint density at radius 1 is 1.17 bits per heavy atom. The number of aliphatic hydroxyl groups is 1. The molecule has 0 aliphatic carbocycles. The highest BCUT2D eigenvalue weighted by molar-refractivity contribution is 5.95. The van der Waals surface area contributed by atoms with E-state index in [-0.39, 0.29) is 12.8 Å². The van der Waals surface area contributed by atoms with Gasteiger partial charge in [-0.05, 0) is 55.5 Å². The van der Waals surface area contributed by atoms with Crippen LogP contribution in [0.15, 0.2) is 42.6 Å². The minimum absolute atomic E-state index is 0.0750. The molecule has 1 saturated heterocycles. The second kappa shape index (κ2) is 9.21. The first kappa shape index (κ1) is 19.6. The quantitative estimate of drug-likeness (QED) is 0.579. The van der Waals surface area contributed by atoms with Crippen molar-refractivity contribution >= 4 is 10.8 Å². The van der Waals surface area contributed by atoms with E-state index >= 15 is 0 Å². The number of ether oxygens (including phenoxy) is 1. The molecule has 1 N–H and O–H groups in total. The van der Waals surface area contributed by atoms with Gasteiger partial charge in [0.1, 0.15) is 6.07 Å². The topological polar surface area (TPSA) is 71.1 Å². The summed E-state index contributed by atoms with van der Waals surface area (Å²) in [5, 5.41) is 25.8. The molecule has 1 aliphatic heterocycles. The molecule has 1 atom stereocenters. The first-order valence-electron chi connectivity index (χ1n) is 10.5. The van der Waals surface area contributed by atoms with Gasteiger partial charge in [-0.2, -0.15) is 10.4 Å². The summed E-state index contributed by atoms with van der Waals surface area (Å²) in [4.78, 5) is 0. The fraction of sp³-hybridized carbons (Fsp3) is 0.417. The lowest BCUT2D eigenvalue weighted by atomic mass is 9.90. The highest BCUT2D eigenvalue weighted by Crippen LogP contribution is 2.36. The molecule has 1 aliphatic rings. The molecule has 5 heteroatoms. The first-order chi connectivity index (χ1) is 14.3. The summed E-state index contributed by atoms with van der Waals surface area (Å²) in [7, 11) is 0. The number of nitrogens with zero attached hydrogens (tertiary/aromatic N) is 3. The average molecular weight is 389 g/mol. The van der Waals surface area contributed by atoms with Crippen LogP contribution in [0.1, 0.15) is 55.9 Å². The molecular weight excluding hydrogens is 362 g/mol. The largest absolute Gasteiger partial charge is 0.396 e. The molecule has 0 radical (unpaired) electrons. The van der Waals surface area contributed by atoms with Crippen LogP contribution >= 0.6 is 0 Å². The molecule has 1 aromatic heterocycles. The molecule has 0 spiro atoms. The maximum Gasteiger partial charge on any atom is 0.150 e. The summed E-state index contributed by atoms with van der Waals surface area (Å²) in [6.07, 6.45) is 8.50. The standard InChI is InChI=1S/C24H27N3O2/c25-17-21-20-10-4-3-8-18(20)16-19(9-2-1-6-14-28)24(21)22-12-13-26-27(22)23-11-5-7-15-29-23/h3-4,8,10,12-13,16,23,28H,1-2,5-7,9,11,14-15H2.